The van der Waals surface area contributed by atoms with E-state index in [0.29, 0.717) is 5.16 Å². The van der Waals surface area contributed by atoms with Crippen molar-refractivity contribution in [2.45, 2.75) is 23.9 Å². The van der Waals surface area contributed by atoms with E-state index in [4.69, 9.17) is 0 Å². The highest BCUT2D eigenvalue weighted by Gasteiger charge is 2.21. The van der Waals surface area contributed by atoms with Crippen LogP contribution >= 0.6 is 23.1 Å². The summed E-state index contributed by atoms with van der Waals surface area (Å²) < 4.78 is 31.2. The number of hydrogen-bond acceptors (Lipinski definition) is 6. The van der Waals surface area contributed by atoms with Gasteiger partial charge in [0, 0.05) is 7.05 Å². The molecule has 1 unspecified atom stereocenters. The Labute approximate surface area is 162 Å². The van der Waals surface area contributed by atoms with Crippen LogP contribution in [0.2, 0.25) is 0 Å². The summed E-state index contributed by atoms with van der Waals surface area (Å²) in [7, 11) is 1.83. The van der Waals surface area contributed by atoms with Crippen molar-refractivity contribution in [1.29, 1.82) is 0 Å². The van der Waals surface area contributed by atoms with Crippen LogP contribution in [0.25, 0.3) is 10.7 Å². The third-order valence-corrected chi connectivity index (χ3v) is 5.59. The lowest BCUT2D eigenvalue weighted by atomic mass is 10.3. The number of thiophene rings is 1. The fraction of sp³-hybridized carbons (Fsp3) is 0.235. The first-order valence-electron chi connectivity index (χ1n) is 7.90. The second kappa shape index (κ2) is 8.49. The SMILES string of the molecule is CC(Sc1nnc(-c2cccs2)n1C)C(=O)Nc1ccccc1OC(F)F. The van der Waals surface area contributed by atoms with Crippen LogP contribution in [-0.4, -0.2) is 32.5 Å². The Morgan fingerprint density at radius 3 is 2.74 bits per heavy atom. The van der Waals surface area contributed by atoms with Gasteiger partial charge in [-0.05, 0) is 30.5 Å². The van der Waals surface area contributed by atoms with Crippen molar-refractivity contribution < 1.29 is 18.3 Å². The summed E-state index contributed by atoms with van der Waals surface area (Å²) in [4.78, 5) is 13.4. The number of ether oxygens (including phenoxy) is 1. The van der Waals surface area contributed by atoms with E-state index in [1.165, 1.54) is 23.9 Å². The Hall–Kier alpha value is -2.46. The quantitative estimate of drug-likeness (QED) is 0.590. The van der Waals surface area contributed by atoms with E-state index in [2.05, 4.69) is 20.3 Å². The number of rotatable bonds is 7. The van der Waals surface area contributed by atoms with Crippen molar-refractivity contribution in [2.75, 3.05) is 5.32 Å². The Kier molecular flexibility index (Phi) is 6.07. The van der Waals surface area contributed by atoms with Gasteiger partial charge < -0.3 is 14.6 Å². The van der Waals surface area contributed by atoms with E-state index in [-0.39, 0.29) is 17.3 Å². The maximum Gasteiger partial charge on any atom is 0.387 e. The Morgan fingerprint density at radius 1 is 1.26 bits per heavy atom. The molecule has 0 bridgehead atoms. The van der Waals surface area contributed by atoms with Gasteiger partial charge in [-0.25, -0.2) is 0 Å². The molecule has 1 amide bonds. The predicted molar refractivity (Wildman–Crippen MR) is 101 cm³/mol. The lowest BCUT2D eigenvalue weighted by Crippen LogP contribution is -2.23. The highest BCUT2D eigenvalue weighted by atomic mass is 32.2. The van der Waals surface area contributed by atoms with Gasteiger partial charge in [-0.1, -0.05) is 30.0 Å². The smallest absolute Gasteiger partial charge is 0.387 e. The molecular formula is C17H16F2N4O2S2. The molecule has 0 fully saturated rings. The first kappa shape index (κ1) is 19.3. The number of benzene rings is 1. The molecule has 1 atom stereocenters. The van der Waals surface area contributed by atoms with Crippen molar-refractivity contribution in [1.82, 2.24) is 14.8 Å². The Morgan fingerprint density at radius 2 is 2.04 bits per heavy atom. The first-order valence-corrected chi connectivity index (χ1v) is 9.66. The van der Waals surface area contributed by atoms with Gasteiger partial charge in [-0.15, -0.1) is 21.5 Å². The van der Waals surface area contributed by atoms with Gasteiger partial charge in [0.25, 0.3) is 0 Å². The molecule has 3 rings (SSSR count). The molecule has 0 aliphatic rings. The maximum absolute atomic E-state index is 12.5. The fourth-order valence-electron chi connectivity index (χ4n) is 2.25. The zero-order valence-corrected chi connectivity index (χ0v) is 16.1. The number of halogens is 2. The average Bonchev–Trinajstić information content (AvgIpc) is 3.26. The molecule has 1 aromatic carbocycles. The van der Waals surface area contributed by atoms with Crippen molar-refractivity contribution in [3.05, 3.63) is 41.8 Å². The van der Waals surface area contributed by atoms with Crippen LogP contribution < -0.4 is 10.1 Å². The summed E-state index contributed by atoms with van der Waals surface area (Å²) in [5.41, 5.74) is 0.187. The minimum atomic E-state index is -2.97. The van der Waals surface area contributed by atoms with Crippen molar-refractivity contribution in [3.8, 4) is 16.5 Å². The maximum atomic E-state index is 12.5. The van der Waals surface area contributed by atoms with Crippen molar-refractivity contribution in [2.24, 2.45) is 7.05 Å². The summed E-state index contributed by atoms with van der Waals surface area (Å²) in [6.07, 6.45) is 0. The molecule has 10 heteroatoms. The number of nitrogens with zero attached hydrogens (tertiary/aromatic N) is 3. The molecule has 3 aromatic rings. The van der Waals surface area contributed by atoms with Crippen LogP contribution in [0.3, 0.4) is 0 Å². The number of amides is 1. The fourth-order valence-corrected chi connectivity index (χ4v) is 3.81. The Balaban J connectivity index is 1.69. The number of anilines is 1. The largest absolute Gasteiger partial charge is 0.433 e. The molecule has 0 spiro atoms. The number of nitrogens with one attached hydrogen (secondary N) is 1. The summed E-state index contributed by atoms with van der Waals surface area (Å²) in [5, 5.41) is 12.9. The number of carbonyl (C=O) groups is 1. The molecule has 2 aromatic heterocycles. The standard InChI is InChI=1S/C17H16F2N4O2S2/c1-10(15(24)20-11-6-3-4-7-12(11)25-16(18)19)27-17-22-21-14(23(17)2)13-8-5-9-26-13/h3-10,16H,1-2H3,(H,20,24). The summed E-state index contributed by atoms with van der Waals surface area (Å²) in [6.45, 7) is -1.26. The highest BCUT2D eigenvalue weighted by molar-refractivity contribution is 8.00. The van der Waals surface area contributed by atoms with E-state index in [1.807, 2.05) is 29.1 Å². The van der Waals surface area contributed by atoms with E-state index >= 15 is 0 Å². The zero-order chi connectivity index (χ0) is 19.4. The molecule has 0 saturated carbocycles. The number of alkyl halides is 2. The minimum Gasteiger partial charge on any atom is -0.433 e. The normalized spacial score (nSPS) is 12.2. The average molecular weight is 410 g/mol. The predicted octanol–water partition coefficient (Wildman–Crippen LogP) is 4.26. The molecule has 2 heterocycles. The van der Waals surface area contributed by atoms with Crippen LogP contribution in [0, 0.1) is 0 Å². The van der Waals surface area contributed by atoms with Crippen LogP contribution in [0.15, 0.2) is 46.9 Å². The van der Waals surface area contributed by atoms with E-state index in [0.717, 1.165) is 10.7 Å². The minimum absolute atomic E-state index is 0.0864. The lowest BCUT2D eigenvalue weighted by Gasteiger charge is -2.14. The van der Waals surface area contributed by atoms with Gasteiger partial charge in [0.15, 0.2) is 11.0 Å². The van der Waals surface area contributed by atoms with Gasteiger partial charge in [0.05, 0.1) is 15.8 Å². The summed E-state index contributed by atoms with van der Waals surface area (Å²) in [5.74, 6) is 0.276. The number of aromatic nitrogens is 3. The van der Waals surface area contributed by atoms with Gasteiger partial charge in [-0.2, -0.15) is 8.78 Å². The van der Waals surface area contributed by atoms with Gasteiger partial charge >= 0.3 is 6.61 Å². The van der Waals surface area contributed by atoms with Crippen LogP contribution in [0.4, 0.5) is 14.5 Å². The molecule has 142 valence electrons. The molecule has 6 nitrogen and oxygen atoms in total. The monoisotopic (exact) mass is 410 g/mol. The summed E-state index contributed by atoms with van der Waals surface area (Å²) >= 11 is 2.78. The van der Waals surface area contributed by atoms with Gasteiger partial charge in [0.2, 0.25) is 5.91 Å². The topological polar surface area (TPSA) is 69.0 Å². The molecule has 0 aliphatic carbocycles. The van der Waals surface area contributed by atoms with Crippen LogP contribution in [-0.2, 0) is 11.8 Å². The Bertz CT molecular complexity index is 916. The summed E-state index contributed by atoms with van der Waals surface area (Å²) in [6, 6.07) is 9.93. The molecule has 27 heavy (non-hydrogen) atoms. The second-order valence-corrected chi connectivity index (χ2v) is 7.72. The number of thioether (sulfide) groups is 1. The first-order chi connectivity index (χ1) is 13.0. The molecule has 0 saturated heterocycles. The number of carbonyl (C=O) groups excluding carboxylic acids is 1. The second-order valence-electron chi connectivity index (χ2n) is 5.47. The third-order valence-electron chi connectivity index (χ3n) is 3.59. The molecule has 0 aliphatic heterocycles. The van der Waals surface area contributed by atoms with E-state index < -0.39 is 11.9 Å². The van der Waals surface area contributed by atoms with Gasteiger partial charge in [-0.3, -0.25) is 4.79 Å². The number of hydrogen-bond donors (Lipinski definition) is 1. The number of para-hydroxylation sites is 2. The van der Waals surface area contributed by atoms with Crippen molar-refractivity contribution >= 4 is 34.7 Å². The van der Waals surface area contributed by atoms with E-state index in [1.54, 1.807) is 30.4 Å². The molecular weight excluding hydrogens is 394 g/mol. The molecule has 0 radical (unpaired) electrons. The van der Waals surface area contributed by atoms with Crippen LogP contribution in [0.1, 0.15) is 6.92 Å². The molecule has 1 N–H and O–H groups in total. The zero-order valence-electron chi connectivity index (χ0n) is 14.4. The highest BCUT2D eigenvalue weighted by Crippen LogP contribution is 2.30. The third kappa shape index (κ3) is 4.64. The van der Waals surface area contributed by atoms with E-state index in [9.17, 15) is 13.6 Å². The van der Waals surface area contributed by atoms with Crippen molar-refractivity contribution in [3.63, 3.8) is 0 Å². The van der Waals surface area contributed by atoms with Gasteiger partial charge in [0.1, 0.15) is 5.75 Å². The van der Waals surface area contributed by atoms with Crippen LogP contribution in [0.5, 0.6) is 5.75 Å². The lowest BCUT2D eigenvalue weighted by molar-refractivity contribution is -0.115.